The number of aromatic hydroxyl groups is 1. The van der Waals surface area contributed by atoms with Crippen molar-refractivity contribution in [2.45, 2.75) is 44.9 Å². The number of ketones is 1. The van der Waals surface area contributed by atoms with Crippen LogP contribution in [0.25, 0.3) is 0 Å². The van der Waals surface area contributed by atoms with Crippen molar-refractivity contribution < 1.29 is 14.4 Å². The molecule has 2 heterocycles. The molecule has 2 atom stereocenters. The van der Waals surface area contributed by atoms with Crippen molar-refractivity contribution in [2.75, 3.05) is 5.32 Å². The summed E-state index contributed by atoms with van der Waals surface area (Å²) in [6.07, 6.45) is 2.15. The number of aromatic nitrogens is 1. The second-order valence-electron chi connectivity index (χ2n) is 8.18. The minimum atomic E-state index is -0.165. The smallest absolute Gasteiger partial charge is 0.233 e. The van der Waals surface area contributed by atoms with Crippen LogP contribution in [0.15, 0.2) is 64.3 Å². The predicted molar refractivity (Wildman–Crippen MR) is 115 cm³/mol. The van der Waals surface area contributed by atoms with E-state index in [1.807, 2.05) is 19.1 Å². The first-order chi connectivity index (χ1) is 14.5. The van der Waals surface area contributed by atoms with Crippen LogP contribution in [0.3, 0.4) is 0 Å². The molecule has 0 saturated heterocycles. The van der Waals surface area contributed by atoms with E-state index in [0.717, 1.165) is 40.1 Å². The van der Waals surface area contributed by atoms with Crippen molar-refractivity contribution in [3.8, 4) is 5.75 Å². The van der Waals surface area contributed by atoms with Gasteiger partial charge in [0, 0.05) is 23.6 Å². The maximum atomic E-state index is 13.4. The molecule has 1 aliphatic heterocycles. The molecule has 5 heteroatoms. The molecule has 5 rings (SSSR count). The van der Waals surface area contributed by atoms with Gasteiger partial charge >= 0.3 is 0 Å². The van der Waals surface area contributed by atoms with Crippen LogP contribution in [0.5, 0.6) is 5.75 Å². The number of hydrogen-bond acceptors (Lipinski definition) is 5. The van der Waals surface area contributed by atoms with E-state index >= 15 is 0 Å². The number of nitrogens with zero attached hydrogens (tertiary/aromatic N) is 1. The topological polar surface area (TPSA) is 75.4 Å². The lowest BCUT2D eigenvalue weighted by Crippen LogP contribution is -2.29. The average Bonchev–Trinajstić information content (AvgIpc) is 3.13. The molecule has 2 aliphatic rings. The molecule has 0 fully saturated rings. The first kappa shape index (κ1) is 18.7. The SMILES string of the molecule is CCc1ccc([C@@H]2C3=C(C[C@@H](c4ccc(O)cc4)CC3=O)Nc3onc(C)c32)cc1. The fraction of sp³-hybridized carbons (Fsp3) is 0.280. The molecule has 152 valence electrons. The molecule has 0 bridgehead atoms. The van der Waals surface area contributed by atoms with Gasteiger partial charge in [0.05, 0.1) is 11.3 Å². The van der Waals surface area contributed by atoms with E-state index < -0.39 is 0 Å². The number of hydrogen-bond donors (Lipinski definition) is 2. The summed E-state index contributed by atoms with van der Waals surface area (Å²) in [5.74, 6) is 0.918. The largest absolute Gasteiger partial charge is 0.508 e. The number of carbonyl (C=O) groups excluding carboxylic acids is 1. The Balaban J connectivity index is 1.59. The van der Waals surface area contributed by atoms with Crippen LogP contribution >= 0.6 is 0 Å². The zero-order valence-electron chi connectivity index (χ0n) is 17.1. The number of anilines is 1. The number of rotatable bonds is 3. The Bertz CT molecular complexity index is 1140. The van der Waals surface area contributed by atoms with E-state index in [2.05, 4.69) is 41.7 Å². The Morgan fingerprint density at radius 1 is 1.07 bits per heavy atom. The van der Waals surface area contributed by atoms with Gasteiger partial charge in [0.2, 0.25) is 5.88 Å². The Kier molecular flexibility index (Phi) is 4.46. The molecule has 0 spiro atoms. The van der Waals surface area contributed by atoms with Crippen molar-refractivity contribution >= 4 is 11.7 Å². The Labute approximate surface area is 175 Å². The lowest BCUT2D eigenvalue weighted by Gasteiger charge is -2.34. The third-order valence-electron chi connectivity index (χ3n) is 6.34. The van der Waals surface area contributed by atoms with Crippen LogP contribution in [-0.4, -0.2) is 16.0 Å². The maximum absolute atomic E-state index is 13.4. The Morgan fingerprint density at radius 2 is 1.77 bits per heavy atom. The van der Waals surface area contributed by atoms with Crippen molar-refractivity contribution in [1.82, 2.24) is 5.16 Å². The summed E-state index contributed by atoms with van der Waals surface area (Å²) < 4.78 is 5.58. The van der Waals surface area contributed by atoms with Crippen molar-refractivity contribution in [3.05, 3.63) is 87.7 Å². The minimum Gasteiger partial charge on any atom is -0.508 e. The van der Waals surface area contributed by atoms with Crippen LogP contribution in [0.4, 0.5) is 5.88 Å². The monoisotopic (exact) mass is 400 g/mol. The second kappa shape index (κ2) is 7.17. The minimum absolute atomic E-state index is 0.0676. The van der Waals surface area contributed by atoms with E-state index in [0.29, 0.717) is 18.7 Å². The molecule has 30 heavy (non-hydrogen) atoms. The van der Waals surface area contributed by atoms with E-state index in [1.54, 1.807) is 12.1 Å². The molecule has 2 N–H and O–H groups in total. The number of carbonyl (C=O) groups is 1. The van der Waals surface area contributed by atoms with Crippen molar-refractivity contribution in [3.63, 3.8) is 0 Å². The third-order valence-corrected chi connectivity index (χ3v) is 6.34. The number of benzene rings is 2. The van der Waals surface area contributed by atoms with Gasteiger partial charge in [0.15, 0.2) is 5.78 Å². The molecule has 5 nitrogen and oxygen atoms in total. The first-order valence-electron chi connectivity index (χ1n) is 10.4. The number of phenols is 1. The van der Waals surface area contributed by atoms with Gasteiger partial charge in [-0.1, -0.05) is 48.5 Å². The van der Waals surface area contributed by atoms with Gasteiger partial charge in [-0.15, -0.1) is 0 Å². The fourth-order valence-corrected chi connectivity index (χ4v) is 4.73. The molecule has 0 radical (unpaired) electrons. The molecule has 0 unspecified atom stereocenters. The van der Waals surface area contributed by atoms with Crippen LogP contribution in [-0.2, 0) is 11.2 Å². The van der Waals surface area contributed by atoms with Crippen LogP contribution < -0.4 is 5.32 Å². The molecular formula is C25H24N2O3. The summed E-state index contributed by atoms with van der Waals surface area (Å²) in [5, 5.41) is 17.1. The molecule has 1 aliphatic carbocycles. The number of Topliss-reactive ketones (excluding diaryl/α,β-unsaturated/α-hetero) is 1. The summed E-state index contributed by atoms with van der Waals surface area (Å²) >= 11 is 0. The molecule has 0 saturated carbocycles. The van der Waals surface area contributed by atoms with Gasteiger partial charge in [-0.25, -0.2) is 0 Å². The lowest BCUT2D eigenvalue weighted by atomic mass is 9.72. The highest BCUT2D eigenvalue weighted by Crippen LogP contribution is 2.49. The normalized spacial score (nSPS) is 20.5. The van der Waals surface area contributed by atoms with Gasteiger partial charge < -0.3 is 14.9 Å². The van der Waals surface area contributed by atoms with E-state index in [1.165, 1.54) is 5.56 Å². The van der Waals surface area contributed by atoms with Gasteiger partial charge in [-0.05, 0) is 54.5 Å². The summed E-state index contributed by atoms with van der Waals surface area (Å²) in [5.41, 5.74) is 6.91. The number of fused-ring (bicyclic) bond motifs is 1. The van der Waals surface area contributed by atoms with E-state index in [9.17, 15) is 9.90 Å². The van der Waals surface area contributed by atoms with Gasteiger partial charge in [0.25, 0.3) is 0 Å². The standard InChI is InChI=1S/C25H24N2O3/c1-3-15-4-6-17(7-5-15)23-22-14(2)27-30-25(22)26-20-12-18(13-21(29)24(20)23)16-8-10-19(28)11-9-16/h4-11,18,23,26,28H,3,12-13H2,1-2H3/t18-,23+/m1/s1. The summed E-state index contributed by atoms with van der Waals surface area (Å²) in [7, 11) is 0. The fourth-order valence-electron chi connectivity index (χ4n) is 4.73. The maximum Gasteiger partial charge on any atom is 0.233 e. The van der Waals surface area contributed by atoms with Gasteiger partial charge in [-0.3, -0.25) is 4.79 Å². The van der Waals surface area contributed by atoms with Crippen molar-refractivity contribution in [2.24, 2.45) is 0 Å². The molecule has 0 amide bonds. The molecule has 2 aromatic carbocycles. The molecule has 3 aromatic rings. The number of nitrogens with one attached hydrogen (secondary N) is 1. The quantitative estimate of drug-likeness (QED) is 0.631. The summed E-state index contributed by atoms with van der Waals surface area (Å²) in [6, 6.07) is 15.6. The second-order valence-corrected chi connectivity index (χ2v) is 8.18. The lowest BCUT2D eigenvalue weighted by molar-refractivity contribution is -0.116. The number of phenolic OH excluding ortho intramolecular Hbond substituents is 1. The number of aryl methyl sites for hydroxylation is 2. The molecule has 1 aromatic heterocycles. The Hall–Kier alpha value is -3.34. The zero-order valence-corrected chi connectivity index (χ0v) is 17.1. The van der Waals surface area contributed by atoms with E-state index in [-0.39, 0.29) is 23.4 Å². The summed E-state index contributed by atoms with van der Waals surface area (Å²) in [4.78, 5) is 13.4. The van der Waals surface area contributed by atoms with Crippen molar-refractivity contribution in [1.29, 1.82) is 0 Å². The van der Waals surface area contributed by atoms with Crippen LogP contribution in [0.2, 0.25) is 0 Å². The highest BCUT2D eigenvalue weighted by atomic mass is 16.5. The average molecular weight is 400 g/mol. The zero-order chi connectivity index (χ0) is 20.8. The van der Waals surface area contributed by atoms with Gasteiger partial charge in [0.1, 0.15) is 5.75 Å². The van der Waals surface area contributed by atoms with Crippen LogP contribution in [0, 0.1) is 6.92 Å². The Morgan fingerprint density at radius 3 is 2.47 bits per heavy atom. The third kappa shape index (κ3) is 3.02. The highest BCUT2D eigenvalue weighted by molar-refractivity contribution is 6.01. The van der Waals surface area contributed by atoms with Gasteiger partial charge in [-0.2, -0.15) is 0 Å². The summed E-state index contributed by atoms with van der Waals surface area (Å²) in [6.45, 7) is 4.06. The first-order valence-corrected chi connectivity index (χ1v) is 10.4. The molecular weight excluding hydrogens is 376 g/mol. The predicted octanol–water partition coefficient (Wildman–Crippen LogP) is 5.21. The van der Waals surface area contributed by atoms with E-state index in [4.69, 9.17) is 4.52 Å². The number of allylic oxidation sites excluding steroid dienone is 2. The highest BCUT2D eigenvalue weighted by Gasteiger charge is 2.41. The van der Waals surface area contributed by atoms with Crippen LogP contribution in [0.1, 0.15) is 59.5 Å².